The number of carbonyl (C=O) groups is 1. The minimum Gasteiger partial charge on any atom is -0.350 e. The van der Waals surface area contributed by atoms with E-state index in [1.54, 1.807) is 4.68 Å². The molecule has 1 aromatic heterocycles. The van der Waals surface area contributed by atoms with Crippen molar-refractivity contribution in [3.8, 4) is 0 Å². The fraction of sp³-hybridized carbons (Fsp3) is 0.733. The fourth-order valence-corrected chi connectivity index (χ4v) is 3.03. The summed E-state index contributed by atoms with van der Waals surface area (Å²) in [5, 5.41) is 7.37. The topological polar surface area (TPSA) is 72.9 Å². The molecular formula is C15H26N4O. The lowest BCUT2D eigenvalue weighted by Gasteiger charge is -2.36. The quantitative estimate of drug-likeness (QED) is 0.859. The molecule has 1 saturated carbocycles. The van der Waals surface area contributed by atoms with Gasteiger partial charge in [0, 0.05) is 13.6 Å². The maximum Gasteiger partial charge on any atom is 0.269 e. The summed E-state index contributed by atoms with van der Waals surface area (Å²) in [5.41, 5.74) is 7.62. The van der Waals surface area contributed by atoms with Crippen molar-refractivity contribution < 1.29 is 4.79 Å². The van der Waals surface area contributed by atoms with Gasteiger partial charge in [0.1, 0.15) is 5.69 Å². The van der Waals surface area contributed by atoms with Gasteiger partial charge < -0.3 is 11.1 Å². The number of nitrogens with two attached hydrogens (primary N) is 1. The molecule has 1 amide bonds. The highest BCUT2D eigenvalue weighted by Crippen LogP contribution is 2.34. The van der Waals surface area contributed by atoms with E-state index in [1.807, 2.05) is 20.0 Å². The Labute approximate surface area is 120 Å². The van der Waals surface area contributed by atoms with Crippen LogP contribution in [0.15, 0.2) is 6.07 Å². The molecule has 0 spiro atoms. The van der Waals surface area contributed by atoms with Crippen LogP contribution in [0, 0.1) is 5.41 Å². The van der Waals surface area contributed by atoms with Crippen molar-refractivity contribution in [3.63, 3.8) is 0 Å². The molecule has 1 fully saturated rings. The van der Waals surface area contributed by atoms with Crippen molar-refractivity contribution >= 4 is 5.91 Å². The van der Waals surface area contributed by atoms with Crippen LogP contribution in [0.5, 0.6) is 0 Å². The number of rotatable bonds is 5. The van der Waals surface area contributed by atoms with Crippen LogP contribution in [0.3, 0.4) is 0 Å². The molecule has 112 valence electrons. The van der Waals surface area contributed by atoms with Crippen LogP contribution in [0.4, 0.5) is 0 Å². The van der Waals surface area contributed by atoms with Crippen LogP contribution < -0.4 is 11.1 Å². The van der Waals surface area contributed by atoms with Gasteiger partial charge in [-0.05, 0) is 37.3 Å². The Bertz CT molecular complexity index is 460. The Balaban J connectivity index is 1.98. The number of hydrogen-bond donors (Lipinski definition) is 2. The van der Waals surface area contributed by atoms with Crippen LogP contribution in [0.2, 0.25) is 0 Å². The van der Waals surface area contributed by atoms with Crippen LogP contribution in [-0.4, -0.2) is 28.8 Å². The van der Waals surface area contributed by atoms with Crippen molar-refractivity contribution in [2.75, 3.05) is 13.1 Å². The lowest BCUT2D eigenvalue weighted by molar-refractivity contribution is 0.0904. The number of nitrogens with zero attached hydrogens (tertiary/aromatic N) is 2. The van der Waals surface area contributed by atoms with E-state index in [0.29, 0.717) is 18.8 Å². The van der Waals surface area contributed by atoms with Crippen LogP contribution in [-0.2, 0) is 13.5 Å². The first-order valence-corrected chi connectivity index (χ1v) is 7.61. The fourth-order valence-electron chi connectivity index (χ4n) is 3.03. The van der Waals surface area contributed by atoms with Gasteiger partial charge in [-0.25, -0.2) is 0 Å². The van der Waals surface area contributed by atoms with Gasteiger partial charge in [0.25, 0.3) is 5.91 Å². The summed E-state index contributed by atoms with van der Waals surface area (Å²) in [6, 6.07) is 1.87. The monoisotopic (exact) mass is 278 g/mol. The molecule has 5 heteroatoms. The highest BCUT2D eigenvalue weighted by Gasteiger charge is 2.31. The van der Waals surface area contributed by atoms with Gasteiger partial charge in [-0.15, -0.1) is 0 Å². The average molecular weight is 278 g/mol. The summed E-state index contributed by atoms with van der Waals surface area (Å²) < 4.78 is 1.66. The third-order valence-electron chi connectivity index (χ3n) is 4.50. The third kappa shape index (κ3) is 3.20. The van der Waals surface area contributed by atoms with E-state index in [2.05, 4.69) is 10.4 Å². The molecule has 0 atom stereocenters. The van der Waals surface area contributed by atoms with Gasteiger partial charge >= 0.3 is 0 Å². The largest absolute Gasteiger partial charge is 0.350 e. The molecule has 0 aromatic carbocycles. The van der Waals surface area contributed by atoms with E-state index >= 15 is 0 Å². The SMILES string of the molecule is CCc1cc(C(=O)NCC2(CN)CCCCC2)n(C)n1. The van der Waals surface area contributed by atoms with Crippen molar-refractivity contribution in [1.29, 1.82) is 0 Å². The van der Waals surface area contributed by atoms with Crippen molar-refractivity contribution in [2.45, 2.75) is 45.4 Å². The summed E-state index contributed by atoms with van der Waals surface area (Å²) in [6.45, 7) is 3.36. The second-order valence-electron chi connectivity index (χ2n) is 5.95. The van der Waals surface area contributed by atoms with Gasteiger partial charge in [0.2, 0.25) is 0 Å². The van der Waals surface area contributed by atoms with E-state index in [1.165, 1.54) is 19.3 Å². The highest BCUT2D eigenvalue weighted by atomic mass is 16.2. The molecule has 1 heterocycles. The Morgan fingerprint density at radius 1 is 1.45 bits per heavy atom. The van der Waals surface area contributed by atoms with Gasteiger partial charge in [-0.1, -0.05) is 26.2 Å². The number of amides is 1. The van der Waals surface area contributed by atoms with Gasteiger partial charge in [0.05, 0.1) is 5.69 Å². The third-order valence-corrected chi connectivity index (χ3v) is 4.50. The summed E-state index contributed by atoms with van der Waals surface area (Å²) >= 11 is 0. The number of aromatic nitrogens is 2. The minimum absolute atomic E-state index is 0.0434. The zero-order valence-corrected chi connectivity index (χ0v) is 12.6. The van der Waals surface area contributed by atoms with E-state index in [0.717, 1.165) is 25.0 Å². The summed E-state index contributed by atoms with van der Waals surface area (Å²) in [6.07, 6.45) is 6.81. The van der Waals surface area contributed by atoms with E-state index in [-0.39, 0.29) is 11.3 Å². The van der Waals surface area contributed by atoms with E-state index in [4.69, 9.17) is 5.73 Å². The lowest BCUT2D eigenvalue weighted by atomic mass is 9.74. The van der Waals surface area contributed by atoms with Gasteiger partial charge in [0.15, 0.2) is 0 Å². The smallest absolute Gasteiger partial charge is 0.269 e. The van der Waals surface area contributed by atoms with Gasteiger partial charge in [-0.3, -0.25) is 9.48 Å². The molecule has 0 aliphatic heterocycles. The first-order chi connectivity index (χ1) is 9.60. The standard InChI is InChI=1S/C15H26N4O/c1-3-12-9-13(19(2)18-12)14(20)17-11-15(10-16)7-5-4-6-8-15/h9H,3-8,10-11,16H2,1-2H3,(H,17,20). The Kier molecular flexibility index (Phi) is 4.81. The molecule has 1 aromatic rings. The predicted octanol–water partition coefficient (Wildman–Crippen LogP) is 1.62. The predicted molar refractivity (Wildman–Crippen MR) is 79.5 cm³/mol. The summed E-state index contributed by atoms with van der Waals surface area (Å²) in [7, 11) is 1.81. The average Bonchev–Trinajstić information content (AvgIpc) is 2.87. The molecule has 0 bridgehead atoms. The van der Waals surface area contributed by atoms with Crippen LogP contribution in [0.25, 0.3) is 0 Å². The zero-order valence-electron chi connectivity index (χ0n) is 12.6. The number of hydrogen-bond acceptors (Lipinski definition) is 3. The Morgan fingerprint density at radius 3 is 2.70 bits per heavy atom. The summed E-state index contributed by atoms with van der Waals surface area (Å²) in [4.78, 5) is 12.3. The Morgan fingerprint density at radius 2 is 2.15 bits per heavy atom. The maximum atomic E-state index is 12.3. The molecule has 0 unspecified atom stereocenters. The van der Waals surface area contributed by atoms with E-state index < -0.39 is 0 Å². The molecule has 2 rings (SSSR count). The molecule has 0 saturated heterocycles. The highest BCUT2D eigenvalue weighted by molar-refractivity contribution is 5.92. The maximum absolute atomic E-state index is 12.3. The molecule has 1 aliphatic carbocycles. The first kappa shape index (κ1) is 15.0. The first-order valence-electron chi connectivity index (χ1n) is 7.61. The molecule has 20 heavy (non-hydrogen) atoms. The van der Waals surface area contributed by atoms with Crippen LogP contribution >= 0.6 is 0 Å². The Hall–Kier alpha value is -1.36. The number of aryl methyl sites for hydroxylation is 2. The molecule has 0 radical (unpaired) electrons. The molecule has 5 nitrogen and oxygen atoms in total. The van der Waals surface area contributed by atoms with Gasteiger partial charge in [-0.2, -0.15) is 5.10 Å². The normalized spacial score (nSPS) is 17.9. The second kappa shape index (κ2) is 6.39. The van der Waals surface area contributed by atoms with Crippen molar-refractivity contribution in [2.24, 2.45) is 18.2 Å². The summed E-state index contributed by atoms with van der Waals surface area (Å²) in [5.74, 6) is -0.0434. The minimum atomic E-state index is -0.0434. The number of nitrogens with one attached hydrogen (secondary N) is 1. The van der Waals surface area contributed by atoms with Crippen LogP contribution in [0.1, 0.15) is 55.2 Å². The second-order valence-corrected chi connectivity index (χ2v) is 5.95. The molecule has 3 N–H and O–H groups in total. The molecule has 1 aliphatic rings. The number of carbonyl (C=O) groups excluding carboxylic acids is 1. The van der Waals surface area contributed by atoms with E-state index in [9.17, 15) is 4.79 Å². The van der Waals surface area contributed by atoms with Crippen molar-refractivity contribution in [1.82, 2.24) is 15.1 Å². The lowest BCUT2D eigenvalue weighted by Crippen LogP contribution is -2.44. The molecular weight excluding hydrogens is 252 g/mol. The zero-order chi connectivity index (χ0) is 14.6. The van der Waals surface area contributed by atoms with Crippen molar-refractivity contribution in [3.05, 3.63) is 17.5 Å².